The van der Waals surface area contributed by atoms with Crippen LogP contribution in [0.25, 0.3) is 5.65 Å². The van der Waals surface area contributed by atoms with Crippen molar-refractivity contribution in [1.82, 2.24) is 14.6 Å². The summed E-state index contributed by atoms with van der Waals surface area (Å²) in [5, 5.41) is 15.6. The fourth-order valence-corrected chi connectivity index (χ4v) is 2.76. The van der Waals surface area contributed by atoms with Crippen molar-refractivity contribution in [3.63, 3.8) is 0 Å². The summed E-state index contributed by atoms with van der Waals surface area (Å²) in [4.78, 5) is 16.7. The number of halogens is 1. The van der Waals surface area contributed by atoms with E-state index < -0.39 is 0 Å². The molecule has 0 fully saturated rings. The second-order valence-corrected chi connectivity index (χ2v) is 6.36. The van der Waals surface area contributed by atoms with Gasteiger partial charge in [-0.3, -0.25) is 9.89 Å². The quantitative estimate of drug-likeness (QED) is 0.705. The molecule has 24 heavy (non-hydrogen) atoms. The highest BCUT2D eigenvalue weighted by Crippen LogP contribution is 2.18. The first kappa shape index (κ1) is 16.3. The molecule has 0 aliphatic heterocycles. The van der Waals surface area contributed by atoms with Gasteiger partial charge >= 0.3 is 0 Å². The number of rotatable bonds is 5. The fourth-order valence-electron chi connectivity index (χ4n) is 2.50. The number of hydrogen-bond acceptors (Lipinski definition) is 4. The van der Waals surface area contributed by atoms with Gasteiger partial charge in [-0.15, -0.1) is 0 Å². The highest BCUT2D eigenvalue weighted by atomic mass is 79.9. The number of aromatic nitrogens is 3. The molecule has 0 atom stereocenters. The Morgan fingerprint density at radius 3 is 2.79 bits per heavy atom. The summed E-state index contributed by atoms with van der Waals surface area (Å²) in [5.41, 5.74) is 2.27. The predicted octanol–water partition coefficient (Wildman–Crippen LogP) is 3.22. The Bertz CT molecular complexity index is 966. The van der Waals surface area contributed by atoms with E-state index in [1.54, 1.807) is 0 Å². The SMILES string of the molecule is CCCc1cc(=O)n2[nH]c(NCc3ccc(Br)cc3)c(C#N)c2n1. The van der Waals surface area contributed by atoms with Gasteiger partial charge < -0.3 is 5.32 Å². The second-order valence-electron chi connectivity index (χ2n) is 5.45. The van der Waals surface area contributed by atoms with E-state index >= 15 is 0 Å². The van der Waals surface area contributed by atoms with Crippen LogP contribution >= 0.6 is 15.9 Å². The van der Waals surface area contributed by atoms with Crippen molar-refractivity contribution in [2.45, 2.75) is 26.3 Å². The minimum absolute atomic E-state index is 0.211. The summed E-state index contributed by atoms with van der Waals surface area (Å²) in [5.74, 6) is 0.499. The van der Waals surface area contributed by atoms with E-state index in [0.29, 0.717) is 35.7 Å². The minimum atomic E-state index is -0.211. The Labute approximate surface area is 147 Å². The molecule has 0 aliphatic carbocycles. The number of benzene rings is 1. The molecule has 122 valence electrons. The van der Waals surface area contributed by atoms with E-state index in [2.05, 4.69) is 37.4 Å². The zero-order valence-electron chi connectivity index (χ0n) is 13.1. The van der Waals surface area contributed by atoms with Gasteiger partial charge in [-0.1, -0.05) is 41.4 Å². The molecule has 0 radical (unpaired) electrons. The van der Waals surface area contributed by atoms with E-state index in [0.717, 1.165) is 16.5 Å². The third kappa shape index (κ3) is 3.19. The molecule has 3 rings (SSSR count). The normalized spacial score (nSPS) is 10.7. The highest BCUT2D eigenvalue weighted by Gasteiger charge is 2.15. The van der Waals surface area contributed by atoms with Gasteiger partial charge in [0.05, 0.1) is 0 Å². The summed E-state index contributed by atoms with van der Waals surface area (Å²) in [6.07, 6.45) is 1.60. The number of aromatic amines is 1. The fraction of sp³-hybridized carbons (Fsp3) is 0.235. The molecule has 0 unspecified atom stereocenters. The Morgan fingerprint density at radius 1 is 1.38 bits per heavy atom. The van der Waals surface area contributed by atoms with Gasteiger partial charge in [0, 0.05) is 22.8 Å². The second kappa shape index (κ2) is 6.89. The van der Waals surface area contributed by atoms with Crippen molar-refractivity contribution >= 4 is 27.4 Å². The van der Waals surface area contributed by atoms with Crippen LogP contribution in [0.5, 0.6) is 0 Å². The van der Waals surface area contributed by atoms with Crippen LogP contribution in [-0.2, 0) is 13.0 Å². The standard InChI is InChI=1S/C17H16BrN5O/c1-2-3-13-8-15(24)23-17(21-13)14(9-19)16(22-23)20-10-11-4-6-12(18)7-5-11/h4-8,20,22H,2-3,10H2,1H3. The van der Waals surface area contributed by atoms with Gasteiger partial charge in [-0.05, 0) is 24.1 Å². The minimum Gasteiger partial charge on any atom is -0.365 e. The lowest BCUT2D eigenvalue weighted by Crippen LogP contribution is -2.15. The molecule has 0 spiro atoms. The summed E-state index contributed by atoms with van der Waals surface area (Å²) in [7, 11) is 0. The molecule has 0 saturated heterocycles. The van der Waals surface area contributed by atoms with Crippen molar-refractivity contribution in [2.24, 2.45) is 0 Å². The highest BCUT2D eigenvalue weighted by molar-refractivity contribution is 9.10. The van der Waals surface area contributed by atoms with Gasteiger partial charge in [-0.25, -0.2) is 4.98 Å². The van der Waals surface area contributed by atoms with Gasteiger partial charge in [0.2, 0.25) is 0 Å². The zero-order chi connectivity index (χ0) is 17.1. The number of aryl methyl sites for hydroxylation is 1. The first-order valence-corrected chi connectivity index (χ1v) is 8.44. The van der Waals surface area contributed by atoms with Crippen LogP contribution in [0.1, 0.15) is 30.2 Å². The third-order valence-electron chi connectivity index (χ3n) is 3.67. The molecular formula is C17H16BrN5O. The Hall–Kier alpha value is -2.59. The van der Waals surface area contributed by atoms with Gasteiger partial charge in [0.1, 0.15) is 17.5 Å². The zero-order valence-corrected chi connectivity index (χ0v) is 14.7. The Kier molecular flexibility index (Phi) is 4.67. The number of nitriles is 1. The number of hydrogen-bond donors (Lipinski definition) is 2. The summed E-state index contributed by atoms with van der Waals surface area (Å²) < 4.78 is 2.32. The number of H-pyrrole nitrogens is 1. The summed E-state index contributed by atoms with van der Waals surface area (Å²) in [6.45, 7) is 2.56. The van der Waals surface area contributed by atoms with E-state index in [9.17, 15) is 10.1 Å². The number of nitrogens with zero attached hydrogens (tertiary/aromatic N) is 3. The van der Waals surface area contributed by atoms with Crippen LogP contribution in [0, 0.1) is 11.3 Å². The average molecular weight is 386 g/mol. The van der Waals surface area contributed by atoms with Crippen LogP contribution in [-0.4, -0.2) is 14.6 Å². The molecular weight excluding hydrogens is 370 g/mol. The van der Waals surface area contributed by atoms with Crippen LogP contribution in [0.3, 0.4) is 0 Å². The monoisotopic (exact) mass is 385 g/mol. The number of fused-ring (bicyclic) bond motifs is 1. The average Bonchev–Trinajstić information content (AvgIpc) is 2.93. The van der Waals surface area contributed by atoms with Crippen LogP contribution in [0.4, 0.5) is 5.82 Å². The topological polar surface area (TPSA) is 86.0 Å². The molecule has 2 N–H and O–H groups in total. The maximum Gasteiger partial charge on any atom is 0.272 e. The molecule has 2 heterocycles. The lowest BCUT2D eigenvalue weighted by Gasteiger charge is -2.04. The van der Waals surface area contributed by atoms with Crippen LogP contribution in [0.15, 0.2) is 39.6 Å². The first-order valence-electron chi connectivity index (χ1n) is 7.65. The van der Waals surface area contributed by atoms with Crippen molar-refractivity contribution in [2.75, 3.05) is 5.32 Å². The molecule has 0 saturated carbocycles. The number of nitrogens with one attached hydrogen (secondary N) is 2. The smallest absolute Gasteiger partial charge is 0.272 e. The lowest BCUT2D eigenvalue weighted by molar-refractivity contribution is 0.839. The van der Waals surface area contributed by atoms with Gasteiger partial charge in [-0.2, -0.15) is 9.78 Å². The third-order valence-corrected chi connectivity index (χ3v) is 4.20. The van der Waals surface area contributed by atoms with Gasteiger partial charge in [0.15, 0.2) is 5.65 Å². The Balaban J connectivity index is 1.96. The number of anilines is 1. The molecule has 3 aromatic rings. The first-order chi connectivity index (χ1) is 11.6. The molecule has 1 aromatic carbocycles. The maximum absolute atomic E-state index is 12.2. The Morgan fingerprint density at radius 2 is 2.12 bits per heavy atom. The van der Waals surface area contributed by atoms with Crippen molar-refractivity contribution in [3.05, 3.63) is 62.0 Å². The predicted molar refractivity (Wildman–Crippen MR) is 96.0 cm³/mol. The molecule has 7 heteroatoms. The van der Waals surface area contributed by atoms with E-state index in [1.165, 1.54) is 10.6 Å². The molecule has 0 aliphatic rings. The molecule has 0 bridgehead atoms. The lowest BCUT2D eigenvalue weighted by atomic mass is 10.2. The van der Waals surface area contributed by atoms with Crippen molar-refractivity contribution in [3.8, 4) is 6.07 Å². The van der Waals surface area contributed by atoms with E-state index in [4.69, 9.17) is 0 Å². The van der Waals surface area contributed by atoms with Crippen molar-refractivity contribution in [1.29, 1.82) is 5.26 Å². The van der Waals surface area contributed by atoms with E-state index in [1.807, 2.05) is 31.2 Å². The van der Waals surface area contributed by atoms with Crippen molar-refractivity contribution < 1.29 is 0 Å². The van der Waals surface area contributed by atoms with E-state index in [-0.39, 0.29) is 5.56 Å². The summed E-state index contributed by atoms with van der Waals surface area (Å²) in [6, 6.07) is 11.5. The molecule has 0 amide bonds. The summed E-state index contributed by atoms with van der Waals surface area (Å²) >= 11 is 3.40. The maximum atomic E-state index is 12.2. The van der Waals surface area contributed by atoms with Crippen LogP contribution in [0.2, 0.25) is 0 Å². The van der Waals surface area contributed by atoms with Crippen LogP contribution < -0.4 is 10.9 Å². The largest absolute Gasteiger partial charge is 0.365 e. The molecule has 6 nitrogen and oxygen atoms in total. The molecule has 2 aromatic heterocycles. The van der Waals surface area contributed by atoms with Gasteiger partial charge in [0.25, 0.3) is 5.56 Å².